The zero-order chi connectivity index (χ0) is 16.4. The zero-order valence-electron chi connectivity index (χ0n) is 12.4. The number of fused-ring (bicyclic) bond motifs is 1. The molecular weight excluding hydrogens is 314 g/mol. The molecule has 3 rings (SSSR count). The number of hydrogen-bond donors (Lipinski definition) is 1. The van der Waals surface area contributed by atoms with E-state index in [1.54, 1.807) is 49.9 Å². The summed E-state index contributed by atoms with van der Waals surface area (Å²) in [5, 5.41) is 5.26. The summed E-state index contributed by atoms with van der Waals surface area (Å²) in [6.45, 7) is 1.57. The highest BCUT2D eigenvalue weighted by atomic mass is 32.2. The first-order valence-electron chi connectivity index (χ1n) is 6.98. The average molecular weight is 329 g/mol. The normalized spacial score (nSPS) is 13.1. The van der Waals surface area contributed by atoms with Gasteiger partial charge in [-0.25, -0.2) is 23.5 Å². The van der Waals surface area contributed by atoms with Gasteiger partial charge in [-0.15, -0.1) is 0 Å². The fraction of sp³-hybridized carbons (Fsp3) is 0.200. The van der Waals surface area contributed by atoms with Gasteiger partial charge in [0, 0.05) is 36.0 Å². The zero-order valence-corrected chi connectivity index (χ0v) is 13.2. The van der Waals surface area contributed by atoms with Crippen LogP contribution >= 0.6 is 0 Å². The minimum Gasteiger partial charge on any atom is -0.265 e. The first kappa shape index (κ1) is 15.4. The number of rotatable bonds is 4. The quantitative estimate of drug-likeness (QED) is 0.772. The molecule has 1 unspecified atom stereocenters. The van der Waals surface area contributed by atoms with Gasteiger partial charge < -0.3 is 0 Å². The highest BCUT2D eigenvalue weighted by Crippen LogP contribution is 2.22. The highest BCUT2D eigenvalue weighted by molar-refractivity contribution is 7.89. The number of hydrogen-bond acceptors (Lipinski definition) is 6. The molecule has 3 aromatic rings. The van der Waals surface area contributed by atoms with Crippen LogP contribution in [-0.4, -0.2) is 33.6 Å². The Morgan fingerprint density at radius 3 is 2.48 bits per heavy atom. The van der Waals surface area contributed by atoms with Crippen molar-refractivity contribution in [1.82, 2.24) is 19.9 Å². The Balaban J connectivity index is 2.15. The number of nitrogens with two attached hydrogens (primary N) is 1. The molecule has 118 valence electrons. The molecule has 3 aromatic heterocycles. The molecular formula is C15H15N5O2S. The van der Waals surface area contributed by atoms with Gasteiger partial charge in [0.15, 0.2) is 5.82 Å². The Hall–Kier alpha value is -2.45. The molecule has 0 saturated heterocycles. The van der Waals surface area contributed by atoms with Gasteiger partial charge in [-0.3, -0.25) is 9.97 Å². The second-order valence-electron chi connectivity index (χ2n) is 5.23. The van der Waals surface area contributed by atoms with Crippen LogP contribution in [0.25, 0.3) is 22.3 Å². The third kappa shape index (κ3) is 3.33. The summed E-state index contributed by atoms with van der Waals surface area (Å²) in [6.07, 6.45) is 6.77. The predicted octanol–water partition coefficient (Wildman–Crippen LogP) is 1.31. The maximum absolute atomic E-state index is 11.5. The molecule has 8 heteroatoms. The predicted molar refractivity (Wildman–Crippen MR) is 86.8 cm³/mol. The molecule has 0 radical (unpaired) electrons. The minimum absolute atomic E-state index is 0.208. The van der Waals surface area contributed by atoms with Gasteiger partial charge in [-0.1, -0.05) is 0 Å². The van der Waals surface area contributed by atoms with Crippen molar-refractivity contribution in [1.29, 1.82) is 0 Å². The topological polar surface area (TPSA) is 112 Å². The van der Waals surface area contributed by atoms with Gasteiger partial charge >= 0.3 is 0 Å². The van der Waals surface area contributed by atoms with Crippen molar-refractivity contribution < 1.29 is 8.42 Å². The fourth-order valence-electron chi connectivity index (χ4n) is 2.22. The molecule has 0 fully saturated rings. The first-order chi connectivity index (χ1) is 10.9. The van der Waals surface area contributed by atoms with E-state index in [1.165, 1.54) is 0 Å². The van der Waals surface area contributed by atoms with Gasteiger partial charge in [0.1, 0.15) is 0 Å². The molecule has 0 aliphatic heterocycles. The Bertz CT molecular complexity index is 944. The van der Waals surface area contributed by atoms with Crippen molar-refractivity contribution in [2.24, 2.45) is 5.14 Å². The second kappa shape index (κ2) is 5.98. The molecule has 7 nitrogen and oxygen atoms in total. The smallest absolute Gasteiger partial charge is 0.212 e. The summed E-state index contributed by atoms with van der Waals surface area (Å²) in [5.41, 5.74) is 2.09. The molecule has 0 spiro atoms. The van der Waals surface area contributed by atoms with E-state index in [0.29, 0.717) is 17.0 Å². The summed E-state index contributed by atoms with van der Waals surface area (Å²) in [5.74, 6) is 0.504. The van der Waals surface area contributed by atoms with Crippen LogP contribution in [0.2, 0.25) is 0 Å². The van der Waals surface area contributed by atoms with Crippen LogP contribution in [0.5, 0.6) is 0 Å². The number of pyridine rings is 2. The minimum atomic E-state index is -3.63. The lowest BCUT2D eigenvalue weighted by atomic mass is 10.1. The van der Waals surface area contributed by atoms with E-state index in [1.807, 2.05) is 0 Å². The Labute approximate surface area is 133 Å². The largest absolute Gasteiger partial charge is 0.265 e. The lowest BCUT2D eigenvalue weighted by Gasteiger charge is -2.12. The van der Waals surface area contributed by atoms with Crippen LogP contribution in [0.3, 0.4) is 0 Å². The third-order valence-electron chi connectivity index (χ3n) is 3.56. The van der Waals surface area contributed by atoms with Gasteiger partial charge in [-0.2, -0.15) is 0 Å². The van der Waals surface area contributed by atoms with E-state index in [9.17, 15) is 8.42 Å². The average Bonchev–Trinajstić information content (AvgIpc) is 2.54. The van der Waals surface area contributed by atoms with Gasteiger partial charge in [-0.05, 0) is 25.1 Å². The molecule has 0 aromatic carbocycles. The van der Waals surface area contributed by atoms with Gasteiger partial charge in [0.25, 0.3) is 0 Å². The van der Waals surface area contributed by atoms with Crippen molar-refractivity contribution in [3.63, 3.8) is 0 Å². The van der Waals surface area contributed by atoms with E-state index < -0.39 is 15.3 Å². The van der Waals surface area contributed by atoms with E-state index in [4.69, 9.17) is 5.14 Å². The Morgan fingerprint density at radius 1 is 1.09 bits per heavy atom. The van der Waals surface area contributed by atoms with Crippen molar-refractivity contribution in [3.8, 4) is 11.4 Å². The SMILES string of the molecule is CC(Cc1nc(-c2ccncc2)nc2cnccc12)S(N)(=O)=O. The van der Waals surface area contributed by atoms with Crippen LogP contribution < -0.4 is 5.14 Å². The molecule has 1 atom stereocenters. The van der Waals surface area contributed by atoms with E-state index in [2.05, 4.69) is 19.9 Å². The highest BCUT2D eigenvalue weighted by Gasteiger charge is 2.19. The Morgan fingerprint density at radius 2 is 1.78 bits per heavy atom. The van der Waals surface area contributed by atoms with Gasteiger partial charge in [0.2, 0.25) is 10.0 Å². The second-order valence-corrected chi connectivity index (χ2v) is 7.21. The van der Waals surface area contributed by atoms with Crippen molar-refractivity contribution in [2.75, 3.05) is 0 Å². The van der Waals surface area contributed by atoms with Crippen LogP contribution in [0, 0.1) is 0 Å². The molecule has 0 saturated carbocycles. The lowest BCUT2D eigenvalue weighted by Crippen LogP contribution is -2.28. The summed E-state index contributed by atoms with van der Waals surface area (Å²) in [7, 11) is -3.63. The maximum Gasteiger partial charge on any atom is 0.212 e. The Kier molecular flexibility index (Phi) is 4.01. The van der Waals surface area contributed by atoms with Gasteiger partial charge in [0.05, 0.1) is 22.7 Å². The molecule has 0 amide bonds. The standard InChI is InChI=1S/C15H15N5O2S/c1-10(23(16,21)22)8-13-12-4-7-18-9-14(12)20-15(19-13)11-2-5-17-6-3-11/h2-7,9-10H,8H2,1H3,(H2,16,21,22). The number of primary sulfonamides is 1. The lowest BCUT2D eigenvalue weighted by molar-refractivity contribution is 0.583. The molecule has 0 aliphatic carbocycles. The summed E-state index contributed by atoms with van der Waals surface area (Å²) >= 11 is 0. The van der Waals surface area contributed by atoms with Crippen LogP contribution in [0.15, 0.2) is 43.0 Å². The van der Waals surface area contributed by atoms with Crippen molar-refractivity contribution in [2.45, 2.75) is 18.6 Å². The summed E-state index contributed by atoms with van der Waals surface area (Å²) < 4.78 is 23.1. The molecule has 3 heterocycles. The van der Waals surface area contributed by atoms with Crippen LogP contribution in [-0.2, 0) is 16.4 Å². The van der Waals surface area contributed by atoms with E-state index in [0.717, 1.165) is 10.9 Å². The third-order valence-corrected chi connectivity index (χ3v) is 4.85. The number of sulfonamides is 1. The van der Waals surface area contributed by atoms with E-state index >= 15 is 0 Å². The van der Waals surface area contributed by atoms with E-state index in [-0.39, 0.29) is 6.42 Å². The monoisotopic (exact) mass is 329 g/mol. The maximum atomic E-state index is 11.5. The van der Waals surface area contributed by atoms with Crippen LogP contribution in [0.4, 0.5) is 0 Å². The first-order valence-corrected chi connectivity index (χ1v) is 8.59. The summed E-state index contributed by atoms with van der Waals surface area (Å²) in [4.78, 5) is 17.1. The number of aromatic nitrogens is 4. The molecule has 0 bridgehead atoms. The van der Waals surface area contributed by atoms with Crippen molar-refractivity contribution >= 4 is 20.9 Å². The molecule has 0 aliphatic rings. The molecule has 2 N–H and O–H groups in total. The fourth-order valence-corrected chi connectivity index (χ4v) is 2.61. The van der Waals surface area contributed by atoms with Crippen molar-refractivity contribution in [3.05, 3.63) is 48.7 Å². The van der Waals surface area contributed by atoms with Crippen LogP contribution in [0.1, 0.15) is 12.6 Å². The number of nitrogens with zero attached hydrogens (tertiary/aromatic N) is 4. The summed E-state index contributed by atoms with van der Waals surface area (Å²) in [6, 6.07) is 5.37. The molecule has 23 heavy (non-hydrogen) atoms.